The predicted molar refractivity (Wildman–Crippen MR) is 69.0 cm³/mol. The highest BCUT2D eigenvalue weighted by atomic mass is 35.5. The molecule has 17 heavy (non-hydrogen) atoms. The molecule has 0 aliphatic rings. The molecule has 0 aromatic heterocycles. The highest BCUT2D eigenvalue weighted by Crippen LogP contribution is 2.12. The summed E-state index contributed by atoms with van der Waals surface area (Å²) in [6.07, 6.45) is 1.93. The maximum atomic E-state index is 11.9. The number of benzene rings is 1. The van der Waals surface area contributed by atoms with Crippen molar-refractivity contribution in [2.24, 2.45) is 0 Å². The van der Waals surface area contributed by atoms with Crippen LogP contribution in [0.15, 0.2) is 36.9 Å². The van der Waals surface area contributed by atoms with E-state index in [1.807, 2.05) is 12.1 Å². The summed E-state index contributed by atoms with van der Waals surface area (Å²) in [5.74, 6) is -0.0405. The average Bonchev–Trinajstić information content (AvgIpc) is 2.28. The van der Waals surface area contributed by atoms with Gasteiger partial charge in [-0.15, -0.1) is 6.58 Å². The van der Waals surface area contributed by atoms with Crippen molar-refractivity contribution < 1.29 is 9.90 Å². The topological polar surface area (TPSA) is 40.5 Å². The van der Waals surface area contributed by atoms with Crippen LogP contribution in [0.3, 0.4) is 0 Å². The first-order valence-electron chi connectivity index (χ1n) is 5.41. The molecular weight excluding hydrogens is 238 g/mol. The van der Waals surface area contributed by atoms with Crippen LogP contribution in [0.1, 0.15) is 5.56 Å². The lowest BCUT2D eigenvalue weighted by Crippen LogP contribution is -2.34. The molecule has 0 fully saturated rings. The number of aliphatic hydroxyl groups is 1. The zero-order valence-electron chi connectivity index (χ0n) is 9.60. The summed E-state index contributed by atoms with van der Waals surface area (Å²) in [4.78, 5) is 13.5. The van der Waals surface area contributed by atoms with Gasteiger partial charge in [-0.1, -0.05) is 29.8 Å². The number of hydrogen-bond donors (Lipinski definition) is 1. The SMILES string of the molecule is C=CCN(CCO)C(=O)Cc1cccc(Cl)c1. The Kier molecular flexibility index (Phi) is 5.73. The summed E-state index contributed by atoms with van der Waals surface area (Å²) >= 11 is 5.85. The van der Waals surface area contributed by atoms with Gasteiger partial charge >= 0.3 is 0 Å². The van der Waals surface area contributed by atoms with Gasteiger partial charge in [0.1, 0.15) is 0 Å². The van der Waals surface area contributed by atoms with E-state index < -0.39 is 0 Å². The van der Waals surface area contributed by atoms with Crippen LogP contribution in [0, 0.1) is 0 Å². The third-order valence-corrected chi connectivity index (χ3v) is 2.55. The molecule has 1 rings (SSSR count). The first-order chi connectivity index (χ1) is 8.17. The van der Waals surface area contributed by atoms with Crippen molar-refractivity contribution in [3.05, 3.63) is 47.5 Å². The van der Waals surface area contributed by atoms with Crippen LogP contribution < -0.4 is 0 Å². The Hall–Kier alpha value is -1.32. The average molecular weight is 254 g/mol. The third-order valence-electron chi connectivity index (χ3n) is 2.32. The maximum Gasteiger partial charge on any atom is 0.227 e. The van der Waals surface area contributed by atoms with Crippen molar-refractivity contribution in [2.45, 2.75) is 6.42 Å². The van der Waals surface area contributed by atoms with Crippen LogP contribution in [0.4, 0.5) is 0 Å². The molecule has 0 bridgehead atoms. The van der Waals surface area contributed by atoms with Crippen molar-refractivity contribution in [2.75, 3.05) is 19.7 Å². The predicted octanol–water partition coefficient (Wildman–Crippen LogP) is 1.89. The number of carbonyl (C=O) groups excluding carboxylic acids is 1. The zero-order valence-corrected chi connectivity index (χ0v) is 10.4. The van der Waals surface area contributed by atoms with Gasteiger partial charge in [-0.25, -0.2) is 0 Å². The summed E-state index contributed by atoms with van der Waals surface area (Å²) in [5, 5.41) is 9.49. The van der Waals surface area contributed by atoms with Gasteiger partial charge in [0.05, 0.1) is 13.0 Å². The molecule has 0 aliphatic heterocycles. The minimum absolute atomic E-state index is 0.0405. The molecule has 0 heterocycles. The second-order valence-electron chi connectivity index (χ2n) is 3.66. The first-order valence-corrected chi connectivity index (χ1v) is 5.79. The maximum absolute atomic E-state index is 11.9. The molecule has 92 valence electrons. The van der Waals surface area contributed by atoms with E-state index >= 15 is 0 Å². The van der Waals surface area contributed by atoms with E-state index in [4.69, 9.17) is 16.7 Å². The summed E-state index contributed by atoms with van der Waals surface area (Å²) < 4.78 is 0. The molecule has 3 nitrogen and oxygen atoms in total. The second-order valence-corrected chi connectivity index (χ2v) is 4.10. The highest BCUT2D eigenvalue weighted by Gasteiger charge is 2.12. The fraction of sp³-hybridized carbons (Fsp3) is 0.308. The lowest BCUT2D eigenvalue weighted by Gasteiger charge is -2.19. The highest BCUT2D eigenvalue weighted by molar-refractivity contribution is 6.30. The number of aliphatic hydroxyl groups excluding tert-OH is 1. The van der Waals surface area contributed by atoms with Gasteiger partial charge in [0.15, 0.2) is 0 Å². The second kappa shape index (κ2) is 7.09. The fourth-order valence-electron chi connectivity index (χ4n) is 1.53. The zero-order chi connectivity index (χ0) is 12.7. The monoisotopic (exact) mass is 253 g/mol. The van der Waals surface area contributed by atoms with Crippen LogP contribution >= 0.6 is 11.6 Å². The van der Waals surface area contributed by atoms with Crippen molar-refractivity contribution in [3.63, 3.8) is 0 Å². The Morgan fingerprint density at radius 3 is 2.88 bits per heavy atom. The normalized spacial score (nSPS) is 10.0. The summed E-state index contributed by atoms with van der Waals surface area (Å²) in [7, 11) is 0. The summed E-state index contributed by atoms with van der Waals surface area (Å²) in [6, 6.07) is 7.21. The van der Waals surface area contributed by atoms with E-state index in [2.05, 4.69) is 6.58 Å². The molecule has 0 unspecified atom stereocenters. The lowest BCUT2D eigenvalue weighted by molar-refractivity contribution is -0.130. The van der Waals surface area contributed by atoms with Crippen molar-refractivity contribution in [1.29, 1.82) is 0 Å². The van der Waals surface area contributed by atoms with Crippen molar-refractivity contribution in [1.82, 2.24) is 4.90 Å². The van der Waals surface area contributed by atoms with Gasteiger partial charge < -0.3 is 10.0 Å². The number of nitrogens with zero attached hydrogens (tertiary/aromatic N) is 1. The Balaban J connectivity index is 2.65. The van der Waals surface area contributed by atoms with E-state index in [0.717, 1.165) is 5.56 Å². The van der Waals surface area contributed by atoms with E-state index in [9.17, 15) is 4.79 Å². The Morgan fingerprint density at radius 2 is 2.29 bits per heavy atom. The minimum Gasteiger partial charge on any atom is -0.395 e. The van der Waals surface area contributed by atoms with E-state index in [1.54, 1.807) is 23.1 Å². The molecule has 4 heteroatoms. The van der Waals surface area contributed by atoms with Crippen LogP contribution in [0.25, 0.3) is 0 Å². The number of hydrogen-bond acceptors (Lipinski definition) is 2. The van der Waals surface area contributed by atoms with E-state index in [1.165, 1.54) is 0 Å². The van der Waals surface area contributed by atoms with Gasteiger partial charge in [0.2, 0.25) is 5.91 Å². The molecule has 1 amide bonds. The molecule has 0 saturated heterocycles. The van der Waals surface area contributed by atoms with E-state index in [0.29, 0.717) is 18.1 Å². The van der Waals surface area contributed by atoms with Crippen LogP contribution in [-0.4, -0.2) is 35.6 Å². The smallest absolute Gasteiger partial charge is 0.227 e. The largest absolute Gasteiger partial charge is 0.395 e. The van der Waals surface area contributed by atoms with Crippen LogP contribution in [0.2, 0.25) is 5.02 Å². The number of rotatable bonds is 6. The van der Waals surface area contributed by atoms with Crippen LogP contribution in [-0.2, 0) is 11.2 Å². The van der Waals surface area contributed by atoms with Gasteiger partial charge in [-0.3, -0.25) is 4.79 Å². The molecule has 0 aliphatic carbocycles. The number of amides is 1. The molecule has 1 N–H and O–H groups in total. The van der Waals surface area contributed by atoms with Gasteiger partial charge in [-0.05, 0) is 17.7 Å². The number of halogens is 1. The fourth-order valence-corrected chi connectivity index (χ4v) is 1.74. The quantitative estimate of drug-likeness (QED) is 0.787. The molecule has 1 aromatic rings. The molecule has 0 saturated carbocycles. The lowest BCUT2D eigenvalue weighted by atomic mass is 10.1. The molecular formula is C13H16ClNO2. The van der Waals surface area contributed by atoms with Crippen molar-refractivity contribution >= 4 is 17.5 Å². The third kappa shape index (κ3) is 4.59. The first kappa shape index (κ1) is 13.7. The minimum atomic E-state index is -0.0465. The van der Waals surface area contributed by atoms with Gasteiger partial charge in [0.25, 0.3) is 0 Å². The molecule has 1 aromatic carbocycles. The van der Waals surface area contributed by atoms with Gasteiger partial charge in [-0.2, -0.15) is 0 Å². The summed E-state index contributed by atoms with van der Waals surface area (Å²) in [6.45, 7) is 4.31. The standard InChI is InChI=1S/C13H16ClNO2/c1-2-6-15(7-8-16)13(17)10-11-4-3-5-12(14)9-11/h2-5,9,16H,1,6-8,10H2. The molecule has 0 radical (unpaired) electrons. The number of carbonyl (C=O) groups is 1. The molecule has 0 spiro atoms. The Morgan fingerprint density at radius 1 is 1.53 bits per heavy atom. The molecule has 0 atom stereocenters. The van der Waals surface area contributed by atoms with Crippen molar-refractivity contribution in [3.8, 4) is 0 Å². The van der Waals surface area contributed by atoms with Crippen LogP contribution in [0.5, 0.6) is 0 Å². The van der Waals surface area contributed by atoms with Gasteiger partial charge in [0, 0.05) is 18.1 Å². The van der Waals surface area contributed by atoms with E-state index in [-0.39, 0.29) is 18.9 Å². The Bertz CT molecular complexity index is 393. The summed E-state index contributed by atoms with van der Waals surface area (Å²) in [5.41, 5.74) is 0.870. The Labute approximate surface area is 106 Å².